The lowest BCUT2D eigenvalue weighted by Crippen LogP contribution is -2.39. The summed E-state index contributed by atoms with van der Waals surface area (Å²) in [5.41, 5.74) is 1.03. The van der Waals surface area contributed by atoms with E-state index in [-0.39, 0.29) is 24.3 Å². The molecule has 0 bridgehead atoms. The van der Waals surface area contributed by atoms with Crippen LogP contribution in [0.25, 0.3) is 0 Å². The third kappa shape index (κ3) is 4.03. The molecule has 2 amide bonds. The van der Waals surface area contributed by atoms with Crippen LogP contribution in [0.1, 0.15) is 24.8 Å². The molecule has 2 fully saturated rings. The molecule has 1 aliphatic carbocycles. The molecule has 124 valence electrons. The molecule has 1 aromatic carbocycles. The Kier molecular flexibility index (Phi) is 4.84. The molecule has 2 aliphatic rings. The summed E-state index contributed by atoms with van der Waals surface area (Å²) in [6, 6.07) is 7.69. The van der Waals surface area contributed by atoms with E-state index >= 15 is 0 Å². The fraction of sp³-hybridized carbons (Fsp3) is 0.556. The van der Waals surface area contributed by atoms with E-state index in [0.717, 1.165) is 37.1 Å². The predicted octanol–water partition coefficient (Wildman–Crippen LogP) is 1.84. The van der Waals surface area contributed by atoms with Gasteiger partial charge in [0.05, 0.1) is 0 Å². The van der Waals surface area contributed by atoms with Gasteiger partial charge in [-0.3, -0.25) is 9.59 Å². The number of benzene rings is 1. The summed E-state index contributed by atoms with van der Waals surface area (Å²) >= 11 is 0. The van der Waals surface area contributed by atoms with Crippen molar-refractivity contribution in [3.05, 3.63) is 29.8 Å². The third-order valence-electron chi connectivity index (χ3n) is 4.53. The van der Waals surface area contributed by atoms with E-state index in [1.54, 1.807) is 0 Å². The number of carbonyl (C=O) groups excluding carboxylic acids is 2. The molecule has 3 rings (SSSR count). The highest BCUT2D eigenvalue weighted by atomic mass is 16.5. The van der Waals surface area contributed by atoms with Crippen LogP contribution >= 0.6 is 0 Å². The van der Waals surface area contributed by atoms with Gasteiger partial charge in [0, 0.05) is 32.1 Å². The van der Waals surface area contributed by atoms with Crippen molar-refractivity contribution < 1.29 is 14.3 Å². The van der Waals surface area contributed by atoms with Crippen molar-refractivity contribution >= 4 is 11.8 Å². The highest BCUT2D eigenvalue weighted by Gasteiger charge is 2.34. The lowest BCUT2D eigenvalue weighted by Gasteiger charge is -2.22. The molecular formula is C18H24N2O3. The Balaban J connectivity index is 1.49. The molecule has 0 unspecified atom stereocenters. The number of para-hydroxylation sites is 1. The maximum Gasteiger partial charge on any atom is 0.260 e. The van der Waals surface area contributed by atoms with Gasteiger partial charge < -0.3 is 14.5 Å². The van der Waals surface area contributed by atoms with Gasteiger partial charge in [-0.05, 0) is 37.8 Å². The van der Waals surface area contributed by atoms with E-state index in [2.05, 4.69) is 0 Å². The molecule has 23 heavy (non-hydrogen) atoms. The Labute approximate surface area is 137 Å². The molecule has 1 heterocycles. The van der Waals surface area contributed by atoms with Gasteiger partial charge in [-0.25, -0.2) is 0 Å². The highest BCUT2D eigenvalue weighted by Crippen LogP contribution is 2.31. The number of nitrogens with zero attached hydrogens (tertiary/aromatic N) is 2. The van der Waals surface area contributed by atoms with Crippen LogP contribution in [0.2, 0.25) is 0 Å². The molecule has 1 saturated heterocycles. The van der Waals surface area contributed by atoms with Crippen LogP contribution in [0.3, 0.4) is 0 Å². The molecule has 5 heteroatoms. The van der Waals surface area contributed by atoms with Crippen LogP contribution in [0.5, 0.6) is 5.75 Å². The maximum atomic E-state index is 12.4. The van der Waals surface area contributed by atoms with Crippen LogP contribution in [-0.4, -0.2) is 54.4 Å². The van der Waals surface area contributed by atoms with Crippen molar-refractivity contribution in [3.8, 4) is 5.75 Å². The Hall–Kier alpha value is -2.04. The first kappa shape index (κ1) is 15.8. The van der Waals surface area contributed by atoms with Gasteiger partial charge >= 0.3 is 0 Å². The normalized spacial score (nSPS) is 18.5. The minimum absolute atomic E-state index is 0.00558. The fourth-order valence-corrected chi connectivity index (χ4v) is 2.92. The number of amides is 2. The Bertz CT molecular complexity index is 583. The fourth-order valence-electron chi connectivity index (χ4n) is 2.92. The monoisotopic (exact) mass is 316 g/mol. The molecule has 0 atom stereocenters. The number of aryl methyl sites for hydroxylation is 1. The highest BCUT2D eigenvalue weighted by molar-refractivity contribution is 5.81. The van der Waals surface area contributed by atoms with Crippen molar-refractivity contribution in [2.24, 2.45) is 5.92 Å². The summed E-state index contributed by atoms with van der Waals surface area (Å²) in [6.07, 6.45) is 2.90. The second-order valence-corrected chi connectivity index (χ2v) is 6.39. The van der Waals surface area contributed by atoms with Crippen LogP contribution < -0.4 is 4.74 Å². The van der Waals surface area contributed by atoms with Gasteiger partial charge in [0.15, 0.2) is 6.61 Å². The van der Waals surface area contributed by atoms with Crippen LogP contribution in [0.4, 0.5) is 0 Å². The summed E-state index contributed by atoms with van der Waals surface area (Å²) in [6.45, 7) is 4.73. The van der Waals surface area contributed by atoms with Crippen LogP contribution in [-0.2, 0) is 9.59 Å². The smallest absolute Gasteiger partial charge is 0.260 e. The SMILES string of the molecule is Cc1ccccc1OCC(=O)N1CCCN(C(=O)C2CC2)CC1. The molecule has 0 radical (unpaired) electrons. The second-order valence-electron chi connectivity index (χ2n) is 6.39. The van der Waals surface area contributed by atoms with Crippen molar-refractivity contribution in [2.75, 3.05) is 32.8 Å². The first-order valence-corrected chi connectivity index (χ1v) is 8.40. The van der Waals surface area contributed by atoms with Gasteiger partial charge in [0.2, 0.25) is 5.91 Å². The largest absolute Gasteiger partial charge is 0.484 e. The van der Waals surface area contributed by atoms with Gasteiger partial charge in [0.25, 0.3) is 5.91 Å². The summed E-state index contributed by atoms with van der Waals surface area (Å²) in [7, 11) is 0. The first-order valence-electron chi connectivity index (χ1n) is 8.40. The number of carbonyl (C=O) groups is 2. The molecule has 5 nitrogen and oxygen atoms in total. The van der Waals surface area contributed by atoms with Crippen molar-refractivity contribution in [1.82, 2.24) is 9.80 Å². The first-order chi connectivity index (χ1) is 11.1. The van der Waals surface area contributed by atoms with E-state index in [0.29, 0.717) is 19.6 Å². The van der Waals surface area contributed by atoms with E-state index < -0.39 is 0 Å². The van der Waals surface area contributed by atoms with Crippen molar-refractivity contribution in [1.29, 1.82) is 0 Å². The van der Waals surface area contributed by atoms with E-state index in [1.807, 2.05) is 41.0 Å². The maximum absolute atomic E-state index is 12.4. The van der Waals surface area contributed by atoms with Gasteiger partial charge in [-0.2, -0.15) is 0 Å². The molecule has 1 saturated carbocycles. The summed E-state index contributed by atoms with van der Waals surface area (Å²) < 4.78 is 5.64. The van der Waals surface area contributed by atoms with Crippen molar-refractivity contribution in [2.45, 2.75) is 26.2 Å². The molecule has 1 aromatic rings. The van der Waals surface area contributed by atoms with Gasteiger partial charge in [-0.15, -0.1) is 0 Å². The Morgan fingerprint density at radius 2 is 1.78 bits per heavy atom. The van der Waals surface area contributed by atoms with E-state index in [4.69, 9.17) is 4.74 Å². The number of ether oxygens (including phenoxy) is 1. The average Bonchev–Trinajstić information content (AvgIpc) is 3.39. The van der Waals surface area contributed by atoms with Gasteiger partial charge in [0.1, 0.15) is 5.75 Å². The van der Waals surface area contributed by atoms with Gasteiger partial charge in [-0.1, -0.05) is 18.2 Å². The lowest BCUT2D eigenvalue weighted by molar-refractivity contribution is -0.135. The summed E-state index contributed by atoms with van der Waals surface area (Å²) in [5, 5.41) is 0. The second kappa shape index (κ2) is 7.02. The zero-order valence-corrected chi connectivity index (χ0v) is 13.7. The molecule has 1 aliphatic heterocycles. The minimum atomic E-state index is -0.00558. The number of rotatable bonds is 4. The van der Waals surface area contributed by atoms with Crippen LogP contribution in [0.15, 0.2) is 24.3 Å². The third-order valence-corrected chi connectivity index (χ3v) is 4.53. The number of hydrogen-bond acceptors (Lipinski definition) is 3. The summed E-state index contributed by atoms with van der Waals surface area (Å²) in [4.78, 5) is 28.2. The number of hydrogen-bond donors (Lipinski definition) is 0. The minimum Gasteiger partial charge on any atom is -0.484 e. The predicted molar refractivity (Wildman–Crippen MR) is 87.2 cm³/mol. The van der Waals surface area contributed by atoms with Crippen molar-refractivity contribution in [3.63, 3.8) is 0 Å². The standard InChI is InChI=1S/C18H24N2O3/c1-14-5-2-3-6-16(14)23-13-17(21)19-9-4-10-20(12-11-19)18(22)15-7-8-15/h2-3,5-6,15H,4,7-13H2,1H3. The topological polar surface area (TPSA) is 49.9 Å². The van der Waals surface area contributed by atoms with Crippen LogP contribution in [0, 0.1) is 12.8 Å². The molecular weight excluding hydrogens is 292 g/mol. The quantitative estimate of drug-likeness (QED) is 0.852. The average molecular weight is 316 g/mol. The zero-order valence-electron chi connectivity index (χ0n) is 13.7. The Morgan fingerprint density at radius 3 is 2.52 bits per heavy atom. The molecule has 0 aromatic heterocycles. The molecule has 0 N–H and O–H groups in total. The Morgan fingerprint density at radius 1 is 1.09 bits per heavy atom. The van der Waals surface area contributed by atoms with E-state index in [1.165, 1.54) is 0 Å². The lowest BCUT2D eigenvalue weighted by atomic mass is 10.2. The zero-order chi connectivity index (χ0) is 16.2. The van der Waals surface area contributed by atoms with E-state index in [9.17, 15) is 9.59 Å². The molecule has 0 spiro atoms. The summed E-state index contributed by atoms with van der Waals surface area (Å²) in [5.74, 6) is 1.27.